The van der Waals surface area contributed by atoms with Crippen LogP contribution in [0, 0.1) is 0 Å². The summed E-state index contributed by atoms with van der Waals surface area (Å²) in [7, 11) is 0. The molecule has 0 heterocycles. The van der Waals surface area contributed by atoms with Crippen molar-refractivity contribution in [2.75, 3.05) is 91.8 Å². The van der Waals surface area contributed by atoms with Crippen molar-refractivity contribution in [3.8, 4) is 11.1 Å². The first-order valence-electron chi connectivity index (χ1n) is 22.9. The molecule has 0 saturated heterocycles. The van der Waals surface area contributed by atoms with Gasteiger partial charge in [0.1, 0.15) is 17.8 Å². The van der Waals surface area contributed by atoms with E-state index in [1.165, 1.54) is 22.3 Å². The fourth-order valence-corrected chi connectivity index (χ4v) is 5.43. The highest BCUT2D eigenvalue weighted by atomic mass is 32.1. The fraction of sp³-hybridized carbons (Fsp3) is 0.574. The minimum Gasteiger partial charge on any atom is -0.480 e. The topological polar surface area (TPSA) is 355 Å². The summed E-state index contributed by atoms with van der Waals surface area (Å²) in [5.74, 6) is -2.04. The SMILES string of the molecule is CC(=S)NCCCO.CC(C)(C)OC(=O)NCCNCC(=O)O.CC(C)(C)OC(=O)NCCNCC(=O)O.CC(N)=[NH+]CCCO.O=C(O)CNCCNC(=O)OCC1c2ccccc2-c2ccccc21. The third kappa shape index (κ3) is 41.3. The smallest absolute Gasteiger partial charge is 0.407 e. The van der Waals surface area contributed by atoms with Gasteiger partial charge in [-0.3, -0.25) is 25.1 Å². The molecule has 402 valence electrons. The van der Waals surface area contributed by atoms with Gasteiger partial charge in [-0.05, 0) is 77.1 Å². The van der Waals surface area contributed by atoms with Crippen LogP contribution in [-0.2, 0) is 28.6 Å². The van der Waals surface area contributed by atoms with Crippen LogP contribution in [0.25, 0.3) is 11.1 Å². The molecule has 24 heteroatoms. The maximum absolute atomic E-state index is 11.8. The van der Waals surface area contributed by atoms with E-state index in [9.17, 15) is 28.8 Å². The minimum atomic E-state index is -0.929. The Morgan fingerprint density at radius 2 is 0.972 bits per heavy atom. The lowest BCUT2D eigenvalue weighted by atomic mass is 9.98. The number of carbonyl (C=O) groups is 6. The summed E-state index contributed by atoms with van der Waals surface area (Å²) in [6.07, 6.45) is 0.0286. The number of nitrogens with two attached hydrogens (primary N) is 1. The van der Waals surface area contributed by atoms with E-state index in [1.54, 1.807) is 48.5 Å². The van der Waals surface area contributed by atoms with Gasteiger partial charge in [0.25, 0.3) is 0 Å². The predicted molar refractivity (Wildman–Crippen MR) is 273 cm³/mol. The standard InChI is InChI=1S/C19H20N2O4.2C9H18N2O4.C5H12N2O.C5H11NOS/c22-18(23)11-20-9-10-21-19(24)25-12-17-15-7-3-1-5-13(15)14-6-2-4-8-16(14)17;2*1-9(2,3)15-8(14)11-5-4-10-6-7(12)13;1-5(6)7-3-2-4-8;1-5(8)6-3-2-4-7/h1-8,17,20H,9-12H2,(H,21,24)(H,22,23);2*10H,4-6H2,1-3H3,(H,11,14)(H,12,13);8H,2-4H2,1H3,(H2,6,7);7H,2-4H2,1H3,(H,6,8)/p+1. The second kappa shape index (κ2) is 39.5. The lowest BCUT2D eigenvalue weighted by Gasteiger charge is -2.19. The van der Waals surface area contributed by atoms with Crippen LogP contribution in [0.2, 0.25) is 0 Å². The van der Waals surface area contributed by atoms with Crippen molar-refractivity contribution in [1.82, 2.24) is 37.2 Å². The van der Waals surface area contributed by atoms with Crippen molar-refractivity contribution in [2.24, 2.45) is 5.73 Å². The number of amidine groups is 1. The first-order chi connectivity index (χ1) is 33.3. The van der Waals surface area contributed by atoms with E-state index in [2.05, 4.69) is 66.5 Å². The number of hydrogen-bond acceptors (Lipinski definition) is 15. The molecular weight excluding hydrogens is 947 g/mol. The molecule has 0 saturated carbocycles. The quantitative estimate of drug-likeness (QED) is 0.0239. The maximum atomic E-state index is 11.8. The molecule has 71 heavy (non-hydrogen) atoms. The summed E-state index contributed by atoms with van der Waals surface area (Å²) in [6.45, 7) is 18.3. The van der Waals surface area contributed by atoms with Crippen molar-refractivity contribution >= 4 is 59.2 Å². The molecule has 1 aliphatic carbocycles. The van der Waals surface area contributed by atoms with Gasteiger partial charge >= 0.3 is 36.2 Å². The first-order valence-corrected chi connectivity index (χ1v) is 23.3. The van der Waals surface area contributed by atoms with Crippen molar-refractivity contribution in [3.63, 3.8) is 0 Å². The zero-order valence-corrected chi connectivity index (χ0v) is 43.2. The molecule has 0 radical (unpaired) electrons. The van der Waals surface area contributed by atoms with Crippen LogP contribution >= 0.6 is 12.2 Å². The highest BCUT2D eigenvalue weighted by Gasteiger charge is 2.29. The summed E-state index contributed by atoms with van der Waals surface area (Å²) in [5, 5.41) is 60.2. The third-order valence-electron chi connectivity index (χ3n) is 8.13. The van der Waals surface area contributed by atoms with Gasteiger partial charge < -0.3 is 77.0 Å². The van der Waals surface area contributed by atoms with Crippen molar-refractivity contribution in [2.45, 2.75) is 85.4 Å². The van der Waals surface area contributed by atoms with Crippen molar-refractivity contribution in [1.29, 1.82) is 0 Å². The number of nitrogens with one attached hydrogen (secondary N) is 8. The Hall–Kier alpha value is -6.18. The number of amides is 3. The molecular formula is C47H80N9O14S+. The number of hydrogen-bond donors (Lipinski definition) is 14. The van der Waals surface area contributed by atoms with E-state index in [-0.39, 0.29) is 45.4 Å². The lowest BCUT2D eigenvalue weighted by molar-refractivity contribution is -0.459. The molecule has 23 nitrogen and oxygen atoms in total. The number of aliphatic carboxylic acids is 3. The first kappa shape index (κ1) is 66.9. The number of rotatable bonds is 23. The Morgan fingerprint density at radius 1 is 0.592 bits per heavy atom. The van der Waals surface area contributed by atoms with Crippen LogP contribution in [0.5, 0.6) is 0 Å². The number of alkyl carbamates (subject to hydrolysis) is 3. The van der Waals surface area contributed by atoms with Gasteiger partial charge in [-0.1, -0.05) is 60.7 Å². The molecule has 0 aromatic heterocycles. The Morgan fingerprint density at radius 3 is 1.31 bits per heavy atom. The predicted octanol–water partition coefficient (Wildman–Crippen LogP) is 0.702. The number of carboxylic acids is 3. The molecule has 0 unspecified atom stereocenters. The van der Waals surface area contributed by atoms with E-state index < -0.39 is 47.4 Å². The molecule has 3 rings (SSSR count). The van der Waals surface area contributed by atoms with Gasteiger partial charge in [-0.25, -0.2) is 14.4 Å². The van der Waals surface area contributed by atoms with E-state index in [4.69, 9.17) is 57.7 Å². The van der Waals surface area contributed by atoms with Gasteiger partial charge in [0.2, 0.25) is 5.84 Å². The minimum absolute atomic E-state index is 0.0308. The van der Waals surface area contributed by atoms with Crippen LogP contribution in [0.3, 0.4) is 0 Å². The molecule has 0 spiro atoms. The van der Waals surface area contributed by atoms with E-state index >= 15 is 0 Å². The number of benzene rings is 2. The zero-order chi connectivity index (χ0) is 54.3. The number of fused-ring (bicyclic) bond motifs is 3. The van der Waals surface area contributed by atoms with Crippen LogP contribution in [0.1, 0.15) is 85.3 Å². The maximum Gasteiger partial charge on any atom is 0.407 e. The highest BCUT2D eigenvalue weighted by Crippen LogP contribution is 2.44. The summed E-state index contributed by atoms with van der Waals surface area (Å²) in [6, 6.07) is 16.3. The third-order valence-corrected chi connectivity index (χ3v) is 8.28. The Labute approximate surface area is 422 Å². The van der Waals surface area contributed by atoms with Crippen LogP contribution in [-0.4, -0.2) is 176 Å². The van der Waals surface area contributed by atoms with Gasteiger partial charge in [0.15, 0.2) is 0 Å². The summed E-state index contributed by atoms with van der Waals surface area (Å²) < 4.78 is 15.3. The normalized spacial score (nSPS) is 11.3. The van der Waals surface area contributed by atoms with E-state index in [0.29, 0.717) is 45.1 Å². The number of ether oxygens (including phenoxy) is 3. The summed E-state index contributed by atoms with van der Waals surface area (Å²) in [5.41, 5.74) is 8.93. The van der Waals surface area contributed by atoms with Crippen LogP contribution in [0.4, 0.5) is 14.4 Å². The van der Waals surface area contributed by atoms with Gasteiger partial charge in [0.05, 0.1) is 31.2 Å². The lowest BCUT2D eigenvalue weighted by Crippen LogP contribution is -2.74. The highest BCUT2D eigenvalue weighted by molar-refractivity contribution is 7.80. The Balaban J connectivity index is 0. The second-order valence-electron chi connectivity index (χ2n) is 17.1. The van der Waals surface area contributed by atoms with E-state index in [0.717, 1.165) is 30.9 Å². The van der Waals surface area contributed by atoms with Crippen molar-refractivity contribution in [3.05, 3.63) is 59.7 Å². The molecule has 1 aliphatic rings. The van der Waals surface area contributed by atoms with Gasteiger partial charge in [-0.2, -0.15) is 0 Å². The molecule has 0 atom stereocenters. The molecule has 0 fully saturated rings. The number of thiocarbonyl (C=S) groups is 1. The van der Waals surface area contributed by atoms with E-state index in [1.807, 2.05) is 31.2 Å². The monoisotopic (exact) mass is 1030 g/mol. The molecule has 15 N–H and O–H groups in total. The van der Waals surface area contributed by atoms with Crippen LogP contribution in [0.15, 0.2) is 48.5 Å². The fourth-order valence-electron chi connectivity index (χ4n) is 5.33. The largest absolute Gasteiger partial charge is 0.480 e. The molecule has 2 aromatic carbocycles. The number of aliphatic hydroxyl groups excluding tert-OH is 2. The average Bonchev–Trinajstić information content (AvgIpc) is 3.58. The Bertz CT molecular complexity index is 1810. The molecule has 0 aliphatic heterocycles. The summed E-state index contributed by atoms with van der Waals surface area (Å²) >= 11 is 4.72. The van der Waals surface area contributed by atoms with Crippen molar-refractivity contribution < 1.29 is 73.5 Å². The number of aliphatic hydroxyl groups is 2. The number of carbonyl (C=O) groups excluding carboxylic acids is 3. The Kier molecular flexibility index (Phi) is 37.2. The average molecular weight is 1030 g/mol. The summed E-state index contributed by atoms with van der Waals surface area (Å²) in [4.78, 5) is 68.3. The van der Waals surface area contributed by atoms with Gasteiger partial charge in [0, 0.05) is 78.3 Å². The number of carboxylic acid groups (broad SMARTS) is 3. The second-order valence-corrected chi connectivity index (χ2v) is 17.7. The van der Waals surface area contributed by atoms with Crippen LogP contribution < -0.4 is 47.9 Å². The van der Waals surface area contributed by atoms with Gasteiger partial charge in [-0.15, -0.1) is 0 Å². The molecule has 2 aromatic rings. The zero-order valence-electron chi connectivity index (χ0n) is 42.4. The molecule has 3 amide bonds. The molecule has 0 bridgehead atoms.